The maximum atomic E-state index is 13.5. The van der Waals surface area contributed by atoms with E-state index < -0.39 is 5.82 Å². The van der Waals surface area contributed by atoms with E-state index >= 15 is 0 Å². The molecule has 100 valence electrons. The van der Waals surface area contributed by atoms with Gasteiger partial charge in [0.25, 0.3) is 0 Å². The Morgan fingerprint density at radius 2 is 2.26 bits per heavy atom. The minimum Gasteiger partial charge on any atom is -0.347 e. The monoisotopic (exact) mass is 280 g/mol. The van der Waals surface area contributed by atoms with Crippen molar-refractivity contribution in [1.82, 2.24) is 4.57 Å². The SMILES string of the molecule is CCc1cn(C[C@H](C)N=[N+]=[N-])c2cc(Cl)c(F)cc12. The van der Waals surface area contributed by atoms with Crippen molar-refractivity contribution in [3.8, 4) is 0 Å². The van der Waals surface area contributed by atoms with Crippen LogP contribution in [0.15, 0.2) is 23.4 Å². The first kappa shape index (κ1) is 13.7. The summed E-state index contributed by atoms with van der Waals surface area (Å²) in [6.07, 6.45) is 2.77. The average molecular weight is 281 g/mol. The first-order valence-electron chi connectivity index (χ1n) is 6.07. The fourth-order valence-electron chi connectivity index (χ4n) is 2.20. The summed E-state index contributed by atoms with van der Waals surface area (Å²) in [5.41, 5.74) is 10.4. The van der Waals surface area contributed by atoms with E-state index in [1.807, 2.05) is 24.6 Å². The molecule has 0 radical (unpaired) electrons. The molecule has 0 saturated heterocycles. The molecule has 0 bridgehead atoms. The van der Waals surface area contributed by atoms with Gasteiger partial charge in [-0.2, -0.15) is 0 Å². The third-order valence-corrected chi connectivity index (χ3v) is 3.39. The lowest BCUT2D eigenvalue weighted by Crippen LogP contribution is -2.08. The highest BCUT2D eigenvalue weighted by atomic mass is 35.5. The van der Waals surface area contributed by atoms with Gasteiger partial charge < -0.3 is 4.57 Å². The highest BCUT2D eigenvalue weighted by molar-refractivity contribution is 6.31. The average Bonchev–Trinajstić information content (AvgIpc) is 2.68. The molecule has 0 aliphatic rings. The van der Waals surface area contributed by atoms with Crippen molar-refractivity contribution in [3.63, 3.8) is 0 Å². The molecule has 0 aliphatic heterocycles. The highest BCUT2D eigenvalue weighted by Crippen LogP contribution is 2.28. The predicted molar refractivity (Wildman–Crippen MR) is 74.9 cm³/mol. The molecule has 1 heterocycles. The maximum absolute atomic E-state index is 13.5. The Bertz CT molecular complexity index is 658. The van der Waals surface area contributed by atoms with Gasteiger partial charge in [-0.25, -0.2) is 4.39 Å². The number of aromatic nitrogens is 1. The largest absolute Gasteiger partial charge is 0.347 e. The fraction of sp³-hybridized carbons (Fsp3) is 0.385. The second kappa shape index (κ2) is 5.51. The van der Waals surface area contributed by atoms with Crippen molar-refractivity contribution in [1.29, 1.82) is 0 Å². The third kappa shape index (κ3) is 2.67. The van der Waals surface area contributed by atoms with Gasteiger partial charge in [-0.15, -0.1) is 0 Å². The molecule has 1 aromatic carbocycles. The van der Waals surface area contributed by atoms with Crippen LogP contribution in [-0.4, -0.2) is 10.6 Å². The molecule has 0 amide bonds. The Balaban J connectivity index is 2.55. The number of fused-ring (bicyclic) bond motifs is 1. The Hall–Kier alpha value is -1.71. The standard InChI is InChI=1S/C13H14ClFN4/c1-3-9-7-19(6-8(2)17-18-16)13-5-11(14)12(15)4-10(9)13/h4-5,7-8H,3,6H2,1-2H3/t8-/m0/s1. The lowest BCUT2D eigenvalue weighted by molar-refractivity contribution is 0.600. The van der Waals surface area contributed by atoms with Gasteiger partial charge in [-0.3, -0.25) is 0 Å². The van der Waals surface area contributed by atoms with Crippen molar-refractivity contribution in [2.24, 2.45) is 5.11 Å². The Labute approximate surface area is 115 Å². The predicted octanol–water partition coefficient (Wildman–Crippen LogP) is 4.70. The summed E-state index contributed by atoms with van der Waals surface area (Å²) in [5, 5.41) is 4.62. The van der Waals surface area contributed by atoms with Crippen LogP contribution in [0.25, 0.3) is 21.3 Å². The van der Waals surface area contributed by atoms with Gasteiger partial charge in [0.15, 0.2) is 0 Å². The number of rotatable bonds is 4. The molecule has 0 unspecified atom stereocenters. The molecule has 2 aromatic rings. The van der Waals surface area contributed by atoms with Crippen LogP contribution >= 0.6 is 11.6 Å². The summed E-state index contributed by atoms with van der Waals surface area (Å²) >= 11 is 5.84. The van der Waals surface area contributed by atoms with Crippen molar-refractivity contribution >= 4 is 22.5 Å². The van der Waals surface area contributed by atoms with E-state index in [0.29, 0.717) is 6.54 Å². The van der Waals surface area contributed by atoms with Crippen molar-refractivity contribution in [2.45, 2.75) is 32.9 Å². The zero-order valence-corrected chi connectivity index (χ0v) is 11.5. The summed E-state index contributed by atoms with van der Waals surface area (Å²) in [6, 6.07) is 2.91. The Morgan fingerprint density at radius 1 is 1.53 bits per heavy atom. The molecule has 0 fully saturated rings. The fourth-order valence-corrected chi connectivity index (χ4v) is 2.36. The molecule has 19 heavy (non-hydrogen) atoms. The van der Waals surface area contributed by atoms with Crippen LogP contribution in [0.2, 0.25) is 5.02 Å². The van der Waals surface area contributed by atoms with E-state index in [4.69, 9.17) is 17.1 Å². The van der Waals surface area contributed by atoms with E-state index in [0.717, 1.165) is 22.9 Å². The number of aryl methyl sites for hydroxylation is 1. The number of hydrogen-bond donors (Lipinski definition) is 0. The first-order valence-corrected chi connectivity index (χ1v) is 6.45. The molecule has 0 spiro atoms. The van der Waals surface area contributed by atoms with Gasteiger partial charge >= 0.3 is 0 Å². The number of benzene rings is 1. The zero-order valence-electron chi connectivity index (χ0n) is 10.8. The van der Waals surface area contributed by atoms with Gasteiger partial charge in [0, 0.05) is 28.6 Å². The summed E-state index contributed by atoms with van der Waals surface area (Å²) in [4.78, 5) is 2.80. The summed E-state index contributed by atoms with van der Waals surface area (Å²) in [7, 11) is 0. The van der Waals surface area contributed by atoms with Crippen LogP contribution in [0.4, 0.5) is 4.39 Å². The maximum Gasteiger partial charge on any atom is 0.142 e. The third-order valence-electron chi connectivity index (χ3n) is 3.10. The molecule has 2 rings (SSSR count). The smallest absolute Gasteiger partial charge is 0.142 e. The molecular weight excluding hydrogens is 267 g/mol. The van der Waals surface area contributed by atoms with Crippen LogP contribution < -0.4 is 0 Å². The minimum absolute atomic E-state index is 0.103. The van der Waals surface area contributed by atoms with Crippen LogP contribution in [0.3, 0.4) is 0 Å². The highest BCUT2D eigenvalue weighted by Gasteiger charge is 2.12. The van der Waals surface area contributed by atoms with Gasteiger partial charge in [-0.05, 0) is 29.6 Å². The number of halogens is 2. The van der Waals surface area contributed by atoms with E-state index in [-0.39, 0.29) is 11.1 Å². The molecule has 1 atom stereocenters. The lowest BCUT2D eigenvalue weighted by atomic mass is 10.1. The van der Waals surface area contributed by atoms with E-state index in [9.17, 15) is 4.39 Å². The van der Waals surface area contributed by atoms with E-state index in [1.54, 1.807) is 6.07 Å². The van der Waals surface area contributed by atoms with Crippen LogP contribution in [0.5, 0.6) is 0 Å². The van der Waals surface area contributed by atoms with E-state index in [2.05, 4.69) is 10.0 Å². The van der Waals surface area contributed by atoms with Gasteiger partial charge in [0.2, 0.25) is 0 Å². The molecule has 0 N–H and O–H groups in total. The Morgan fingerprint density at radius 3 is 2.89 bits per heavy atom. The summed E-state index contributed by atoms with van der Waals surface area (Å²) in [5.74, 6) is -0.412. The van der Waals surface area contributed by atoms with Gasteiger partial charge in [-0.1, -0.05) is 30.6 Å². The molecule has 1 aromatic heterocycles. The lowest BCUT2D eigenvalue weighted by Gasteiger charge is -2.08. The summed E-state index contributed by atoms with van der Waals surface area (Å²) in [6.45, 7) is 4.40. The second-order valence-electron chi connectivity index (χ2n) is 4.50. The quantitative estimate of drug-likeness (QED) is 0.443. The topological polar surface area (TPSA) is 53.7 Å². The molecule has 6 heteroatoms. The summed E-state index contributed by atoms with van der Waals surface area (Å²) < 4.78 is 15.5. The van der Waals surface area contributed by atoms with Crippen LogP contribution in [0, 0.1) is 5.82 Å². The normalized spacial score (nSPS) is 12.4. The Kier molecular flexibility index (Phi) is 3.98. The van der Waals surface area contributed by atoms with Gasteiger partial charge in [0.05, 0.1) is 11.1 Å². The van der Waals surface area contributed by atoms with Crippen molar-refractivity contribution < 1.29 is 4.39 Å². The molecular formula is C13H14ClFN4. The van der Waals surface area contributed by atoms with Crippen LogP contribution in [-0.2, 0) is 13.0 Å². The van der Waals surface area contributed by atoms with E-state index in [1.165, 1.54) is 6.07 Å². The minimum atomic E-state index is -0.412. The number of azide groups is 1. The van der Waals surface area contributed by atoms with Gasteiger partial charge in [0.1, 0.15) is 5.82 Å². The van der Waals surface area contributed by atoms with Crippen molar-refractivity contribution in [3.05, 3.63) is 45.2 Å². The first-order chi connectivity index (χ1) is 9.06. The second-order valence-corrected chi connectivity index (χ2v) is 4.90. The molecule has 0 aliphatic carbocycles. The van der Waals surface area contributed by atoms with Crippen molar-refractivity contribution in [2.75, 3.05) is 0 Å². The molecule has 0 saturated carbocycles. The molecule has 4 nitrogen and oxygen atoms in total. The zero-order chi connectivity index (χ0) is 14.0. The number of hydrogen-bond acceptors (Lipinski definition) is 1. The number of nitrogens with zero attached hydrogens (tertiary/aromatic N) is 4. The van der Waals surface area contributed by atoms with Crippen LogP contribution in [0.1, 0.15) is 19.4 Å².